The number of aryl methyl sites for hydroxylation is 1. The number of rotatable bonds is 6. The molecular formula is C15H29N3O. The zero-order chi connectivity index (χ0) is 14.6. The van der Waals surface area contributed by atoms with E-state index in [2.05, 4.69) is 51.2 Å². The smallest absolute Gasteiger partial charge is 0.0722 e. The molecule has 1 heterocycles. The Morgan fingerprint density at radius 3 is 2.47 bits per heavy atom. The van der Waals surface area contributed by atoms with Gasteiger partial charge in [0.25, 0.3) is 0 Å². The van der Waals surface area contributed by atoms with Crippen molar-refractivity contribution in [3.8, 4) is 0 Å². The van der Waals surface area contributed by atoms with Gasteiger partial charge >= 0.3 is 0 Å². The molecule has 110 valence electrons. The minimum Gasteiger partial charge on any atom is -0.383 e. The predicted octanol–water partition coefficient (Wildman–Crippen LogP) is 2.48. The van der Waals surface area contributed by atoms with Crippen LogP contribution in [0.15, 0.2) is 6.20 Å². The molecule has 0 aromatic carbocycles. The van der Waals surface area contributed by atoms with Crippen molar-refractivity contribution in [2.75, 3.05) is 13.7 Å². The van der Waals surface area contributed by atoms with Crippen LogP contribution in [0.5, 0.6) is 0 Å². The molecule has 0 spiro atoms. The highest BCUT2D eigenvalue weighted by molar-refractivity contribution is 5.23. The summed E-state index contributed by atoms with van der Waals surface area (Å²) in [6, 6.07) is 0.373. The van der Waals surface area contributed by atoms with E-state index in [1.807, 2.05) is 11.7 Å². The fraction of sp³-hybridized carbons (Fsp3) is 0.800. The molecule has 0 amide bonds. The van der Waals surface area contributed by atoms with Gasteiger partial charge in [-0.05, 0) is 5.92 Å². The summed E-state index contributed by atoms with van der Waals surface area (Å²) in [5, 5.41) is 8.18. The Hall–Kier alpha value is -0.870. The minimum absolute atomic E-state index is 0.0762. The molecule has 1 aromatic rings. The van der Waals surface area contributed by atoms with Crippen molar-refractivity contribution in [3.05, 3.63) is 17.5 Å². The van der Waals surface area contributed by atoms with Crippen LogP contribution >= 0.6 is 0 Å². The first kappa shape index (κ1) is 16.2. The van der Waals surface area contributed by atoms with Gasteiger partial charge in [-0.2, -0.15) is 5.10 Å². The SMILES string of the molecule is COCC(NCc1cn(C)nc1C(C)(C)C)C(C)C. The minimum atomic E-state index is 0.0762. The summed E-state index contributed by atoms with van der Waals surface area (Å²) in [6.45, 7) is 12.6. The second kappa shape index (κ2) is 6.53. The molecule has 0 aliphatic heterocycles. The highest BCUT2D eigenvalue weighted by Crippen LogP contribution is 2.24. The number of ether oxygens (including phenoxy) is 1. The summed E-state index contributed by atoms with van der Waals surface area (Å²) >= 11 is 0. The van der Waals surface area contributed by atoms with Crippen molar-refractivity contribution in [1.82, 2.24) is 15.1 Å². The van der Waals surface area contributed by atoms with Crippen molar-refractivity contribution < 1.29 is 4.74 Å². The van der Waals surface area contributed by atoms with Crippen LogP contribution in [0.25, 0.3) is 0 Å². The third-order valence-electron chi connectivity index (χ3n) is 3.32. The molecule has 1 unspecified atom stereocenters. The van der Waals surface area contributed by atoms with Crippen LogP contribution in [-0.2, 0) is 23.7 Å². The number of hydrogen-bond acceptors (Lipinski definition) is 3. The van der Waals surface area contributed by atoms with Gasteiger partial charge in [0.15, 0.2) is 0 Å². The normalized spacial score (nSPS) is 14.1. The van der Waals surface area contributed by atoms with E-state index in [1.165, 1.54) is 11.3 Å². The van der Waals surface area contributed by atoms with Crippen LogP contribution in [0.1, 0.15) is 45.9 Å². The van der Waals surface area contributed by atoms with Crippen LogP contribution in [0.4, 0.5) is 0 Å². The van der Waals surface area contributed by atoms with E-state index in [0.29, 0.717) is 12.0 Å². The van der Waals surface area contributed by atoms with E-state index in [-0.39, 0.29) is 5.41 Å². The van der Waals surface area contributed by atoms with Crippen molar-refractivity contribution in [2.24, 2.45) is 13.0 Å². The maximum Gasteiger partial charge on any atom is 0.0722 e. The van der Waals surface area contributed by atoms with Gasteiger partial charge in [0.1, 0.15) is 0 Å². The summed E-state index contributed by atoms with van der Waals surface area (Å²) in [5.41, 5.74) is 2.52. The molecule has 1 rings (SSSR count). The molecule has 0 saturated carbocycles. The van der Waals surface area contributed by atoms with Crippen LogP contribution in [0.3, 0.4) is 0 Å². The Bertz CT molecular complexity index is 391. The molecule has 1 aromatic heterocycles. The Kier molecular flexibility index (Phi) is 5.56. The van der Waals surface area contributed by atoms with Gasteiger partial charge in [-0.1, -0.05) is 34.6 Å². The molecule has 0 fully saturated rings. The fourth-order valence-corrected chi connectivity index (χ4v) is 2.21. The summed E-state index contributed by atoms with van der Waals surface area (Å²) in [4.78, 5) is 0. The molecular weight excluding hydrogens is 238 g/mol. The number of aromatic nitrogens is 2. The lowest BCUT2D eigenvalue weighted by Crippen LogP contribution is -2.37. The first-order valence-electron chi connectivity index (χ1n) is 7.01. The highest BCUT2D eigenvalue weighted by Gasteiger charge is 2.22. The van der Waals surface area contributed by atoms with Gasteiger partial charge in [0, 0.05) is 43.9 Å². The molecule has 0 saturated heterocycles. The van der Waals surface area contributed by atoms with Crippen LogP contribution in [0, 0.1) is 5.92 Å². The quantitative estimate of drug-likeness (QED) is 0.860. The standard InChI is InChI=1S/C15H29N3O/c1-11(2)13(10-19-7)16-8-12-9-18(6)17-14(12)15(3,4)5/h9,11,13,16H,8,10H2,1-7H3. The lowest BCUT2D eigenvalue weighted by atomic mass is 9.89. The number of hydrogen-bond donors (Lipinski definition) is 1. The lowest BCUT2D eigenvalue weighted by molar-refractivity contribution is 0.146. The van der Waals surface area contributed by atoms with E-state index < -0.39 is 0 Å². The lowest BCUT2D eigenvalue weighted by Gasteiger charge is -2.23. The number of nitrogens with zero attached hydrogens (tertiary/aromatic N) is 2. The van der Waals surface area contributed by atoms with Crippen molar-refractivity contribution >= 4 is 0 Å². The van der Waals surface area contributed by atoms with Crippen LogP contribution < -0.4 is 5.32 Å². The number of methoxy groups -OCH3 is 1. The first-order valence-corrected chi connectivity index (χ1v) is 7.01. The zero-order valence-corrected chi connectivity index (χ0v) is 13.4. The molecule has 4 nitrogen and oxygen atoms in total. The van der Waals surface area contributed by atoms with E-state index >= 15 is 0 Å². The predicted molar refractivity (Wildman–Crippen MR) is 79.2 cm³/mol. The Balaban J connectivity index is 2.77. The van der Waals surface area contributed by atoms with Gasteiger partial charge in [0.2, 0.25) is 0 Å². The second-order valence-electron chi connectivity index (χ2n) is 6.61. The summed E-state index contributed by atoms with van der Waals surface area (Å²) in [5.74, 6) is 0.551. The summed E-state index contributed by atoms with van der Waals surface area (Å²) in [7, 11) is 3.73. The van der Waals surface area contributed by atoms with Gasteiger partial charge in [-0.3, -0.25) is 4.68 Å². The van der Waals surface area contributed by atoms with Crippen molar-refractivity contribution in [1.29, 1.82) is 0 Å². The van der Waals surface area contributed by atoms with E-state index in [0.717, 1.165) is 13.2 Å². The zero-order valence-electron chi connectivity index (χ0n) is 13.4. The average molecular weight is 267 g/mol. The Labute approximate surface area is 117 Å². The monoisotopic (exact) mass is 267 g/mol. The topological polar surface area (TPSA) is 39.1 Å². The Morgan fingerprint density at radius 2 is 2.00 bits per heavy atom. The second-order valence-corrected chi connectivity index (χ2v) is 6.61. The van der Waals surface area contributed by atoms with Crippen molar-refractivity contribution in [2.45, 2.75) is 52.6 Å². The van der Waals surface area contributed by atoms with Crippen LogP contribution in [-0.4, -0.2) is 29.5 Å². The molecule has 0 radical (unpaired) electrons. The van der Waals surface area contributed by atoms with Gasteiger partial charge < -0.3 is 10.1 Å². The first-order chi connectivity index (χ1) is 8.75. The summed E-state index contributed by atoms with van der Waals surface area (Å²) < 4.78 is 7.17. The maximum atomic E-state index is 5.27. The Morgan fingerprint density at radius 1 is 1.37 bits per heavy atom. The third-order valence-corrected chi connectivity index (χ3v) is 3.32. The highest BCUT2D eigenvalue weighted by atomic mass is 16.5. The maximum absolute atomic E-state index is 5.27. The van der Waals surface area contributed by atoms with Gasteiger partial charge in [0.05, 0.1) is 12.3 Å². The average Bonchev–Trinajstić information content (AvgIpc) is 2.65. The molecule has 0 bridgehead atoms. The summed E-state index contributed by atoms with van der Waals surface area (Å²) in [6.07, 6.45) is 2.11. The van der Waals surface area contributed by atoms with E-state index in [1.54, 1.807) is 7.11 Å². The molecule has 0 aliphatic rings. The van der Waals surface area contributed by atoms with Crippen LogP contribution in [0.2, 0.25) is 0 Å². The fourth-order valence-electron chi connectivity index (χ4n) is 2.21. The molecule has 19 heavy (non-hydrogen) atoms. The molecule has 0 aliphatic carbocycles. The van der Waals surface area contributed by atoms with Crippen molar-refractivity contribution in [3.63, 3.8) is 0 Å². The van der Waals surface area contributed by atoms with Gasteiger partial charge in [-0.25, -0.2) is 0 Å². The molecule has 1 atom stereocenters. The largest absolute Gasteiger partial charge is 0.383 e. The van der Waals surface area contributed by atoms with Gasteiger partial charge in [-0.15, -0.1) is 0 Å². The third kappa shape index (κ3) is 4.62. The number of nitrogens with one attached hydrogen (secondary N) is 1. The molecule has 1 N–H and O–H groups in total. The van der Waals surface area contributed by atoms with E-state index in [4.69, 9.17) is 4.74 Å². The van der Waals surface area contributed by atoms with E-state index in [9.17, 15) is 0 Å². The molecule has 4 heteroatoms.